The van der Waals surface area contributed by atoms with Gasteiger partial charge in [-0.25, -0.2) is 4.98 Å². The van der Waals surface area contributed by atoms with E-state index < -0.39 is 0 Å². The van der Waals surface area contributed by atoms with Gasteiger partial charge in [0, 0.05) is 17.9 Å². The number of fused-ring (bicyclic) bond motifs is 1. The molecule has 1 aliphatic heterocycles. The number of phenols is 1. The maximum absolute atomic E-state index is 12.2. The van der Waals surface area contributed by atoms with Crippen molar-refractivity contribution in [3.63, 3.8) is 0 Å². The Morgan fingerprint density at radius 3 is 2.95 bits per heavy atom. The zero-order valence-electron chi connectivity index (χ0n) is 9.83. The average Bonchev–Trinajstić information content (AvgIpc) is 2.88. The molecule has 2 aromatic rings. The van der Waals surface area contributed by atoms with Crippen LogP contribution in [-0.4, -0.2) is 20.4 Å². The van der Waals surface area contributed by atoms with Gasteiger partial charge in [-0.15, -0.1) is 0 Å². The fourth-order valence-corrected chi connectivity index (χ4v) is 2.98. The number of para-hydroxylation sites is 1. The van der Waals surface area contributed by atoms with Crippen molar-refractivity contribution in [3.8, 4) is 23.1 Å². The Balaban J connectivity index is 2.35. The number of aromatic nitrogens is 2. The van der Waals surface area contributed by atoms with Crippen LogP contribution in [0.15, 0.2) is 34.2 Å². The highest BCUT2D eigenvalue weighted by Crippen LogP contribution is 2.31. The van der Waals surface area contributed by atoms with Crippen molar-refractivity contribution in [2.24, 2.45) is 0 Å². The number of hydrogen-bond acceptors (Lipinski definition) is 5. The van der Waals surface area contributed by atoms with Gasteiger partial charge >= 0.3 is 0 Å². The highest BCUT2D eigenvalue weighted by Gasteiger charge is 2.22. The third-order valence-electron chi connectivity index (χ3n) is 2.95. The first-order chi connectivity index (χ1) is 9.22. The second kappa shape index (κ2) is 4.44. The third kappa shape index (κ3) is 1.79. The van der Waals surface area contributed by atoms with Crippen molar-refractivity contribution in [1.29, 1.82) is 5.26 Å². The molecule has 0 saturated heterocycles. The summed E-state index contributed by atoms with van der Waals surface area (Å²) in [7, 11) is 0. The van der Waals surface area contributed by atoms with Gasteiger partial charge in [0.25, 0.3) is 5.56 Å². The molecule has 94 valence electrons. The number of hydrogen-bond donors (Lipinski definition) is 1. The first kappa shape index (κ1) is 11.8. The van der Waals surface area contributed by atoms with Crippen LogP contribution in [0.3, 0.4) is 0 Å². The Hall–Kier alpha value is -2.26. The van der Waals surface area contributed by atoms with E-state index in [9.17, 15) is 15.2 Å². The second-order valence-electron chi connectivity index (χ2n) is 4.05. The quantitative estimate of drug-likeness (QED) is 0.797. The molecule has 0 radical (unpaired) electrons. The van der Waals surface area contributed by atoms with E-state index in [0.29, 0.717) is 17.3 Å². The smallest absolute Gasteiger partial charge is 0.272 e. The molecule has 0 spiro atoms. The van der Waals surface area contributed by atoms with Gasteiger partial charge in [0.05, 0.1) is 0 Å². The molecule has 1 aromatic carbocycles. The summed E-state index contributed by atoms with van der Waals surface area (Å²) in [5, 5.41) is 19.6. The molecule has 0 amide bonds. The summed E-state index contributed by atoms with van der Waals surface area (Å²) in [5.41, 5.74) is 0.307. The number of aromatic hydroxyl groups is 1. The van der Waals surface area contributed by atoms with Gasteiger partial charge in [0.1, 0.15) is 23.1 Å². The van der Waals surface area contributed by atoms with Crippen LogP contribution in [0.4, 0.5) is 0 Å². The van der Waals surface area contributed by atoms with E-state index in [1.54, 1.807) is 18.2 Å². The molecule has 0 saturated carbocycles. The van der Waals surface area contributed by atoms with Crippen LogP contribution in [-0.2, 0) is 6.54 Å². The second-order valence-corrected chi connectivity index (χ2v) is 5.11. The van der Waals surface area contributed by atoms with Gasteiger partial charge in [-0.05, 0) is 12.1 Å². The first-order valence-corrected chi connectivity index (χ1v) is 6.67. The topological polar surface area (TPSA) is 78.9 Å². The standard InChI is InChI=1S/C13H9N3O2S/c14-7-9-11(8-3-1-2-4-10(8)17)15-13-16(12(9)18)5-6-19-13/h1-4,17H,5-6H2. The minimum absolute atomic E-state index is 0.0128. The number of nitriles is 1. The number of phenolic OH excluding ortho intramolecular Hbond substituents is 1. The summed E-state index contributed by atoms with van der Waals surface area (Å²) in [6.07, 6.45) is 0. The van der Waals surface area contributed by atoms with Crippen molar-refractivity contribution in [2.45, 2.75) is 11.7 Å². The van der Waals surface area contributed by atoms with Crippen molar-refractivity contribution in [3.05, 3.63) is 40.2 Å². The molecular weight excluding hydrogens is 262 g/mol. The van der Waals surface area contributed by atoms with Crippen molar-refractivity contribution in [2.75, 3.05) is 5.75 Å². The first-order valence-electron chi connectivity index (χ1n) is 5.68. The lowest BCUT2D eigenvalue weighted by Gasteiger charge is -2.08. The van der Waals surface area contributed by atoms with Crippen molar-refractivity contribution in [1.82, 2.24) is 9.55 Å². The van der Waals surface area contributed by atoms with Crippen LogP contribution in [0.5, 0.6) is 5.75 Å². The van der Waals surface area contributed by atoms with E-state index >= 15 is 0 Å². The van der Waals surface area contributed by atoms with Crippen molar-refractivity contribution < 1.29 is 5.11 Å². The molecule has 0 bridgehead atoms. The molecular formula is C13H9N3O2S. The predicted molar refractivity (Wildman–Crippen MR) is 71.0 cm³/mol. The van der Waals surface area contributed by atoms with Gasteiger partial charge in [-0.2, -0.15) is 5.26 Å². The van der Waals surface area contributed by atoms with E-state index in [-0.39, 0.29) is 22.6 Å². The van der Waals surface area contributed by atoms with Gasteiger partial charge in [-0.1, -0.05) is 23.9 Å². The lowest BCUT2D eigenvalue weighted by molar-refractivity contribution is 0.477. The minimum Gasteiger partial charge on any atom is -0.507 e. The van der Waals surface area contributed by atoms with E-state index in [2.05, 4.69) is 4.98 Å². The predicted octanol–water partition coefficient (Wildman–Crippen LogP) is 1.59. The number of nitrogens with zero attached hydrogens (tertiary/aromatic N) is 3. The third-order valence-corrected chi connectivity index (χ3v) is 3.91. The molecule has 3 rings (SSSR count). The van der Waals surface area contributed by atoms with Crippen molar-refractivity contribution >= 4 is 11.8 Å². The molecule has 0 fully saturated rings. The lowest BCUT2D eigenvalue weighted by Crippen LogP contribution is -2.24. The molecule has 0 atom stereocenters. The van der Waals surface area contributed by atoms with Crippen LogP contribution in [0, 0.1) is 11.3 Å². The monoisotopic (exact) mass is 271 g/mol. The molecule has 2 heterocycles. The maximum atomic E-state index is 12.2. The summed E-state index contributed by atoms with van der Waals surface area (Å²) in [6.45, 7) is 0.571. The maximum Gasteiger partial charge on any atom is 0.272 e. The Labute approximate surface area is 113 Å². The zero-order valence-corrected chi connectivity index (χ0v) is 10.6. The SMILES string of the molecule is N#Cc1c(-c2ccccc2O)nc2n(c1=O)CCS2. The summed E-state index contributed by atoms with van der Waals surface area (Å²) in [5.74, 6) is 0.788. The average molecular weight is 271 g/mol. The molecule has 1 N–H and O–H groups in total. The zero-order chi connectivity index (χ0) is 13.4. The van der Waals surface area contributed by atoms with Crippen LogP contribution < -0.4 is 5.56 Å². The van der Waals surface area contributed by atoms with Gasteiger partial charge in [-0.3, -0.25) is 9.36 Å². The van der Waals surface area contributed by atoms with Gasteiger partial charge < -0.3 is 5.11 Å². The molecule has 5 nitrogen and oxygen atoms in total. The fraction of sp³-hybridized carbons (Fsp3) is 0.154. The van der Waals surface area contributed by atoms with Gasteiger partial charge in [0.2, 0.25) is 0 Å². The normalized spacial score (nSPS) is 13.0. The number of thioether (sulfide) groups is 1. The Kier molecular flexibility index (Phi) is 2.76. The Morgan fingerprint density at radius 1 is 1.42 bits per heavy atom. The molecule has 0 unspecified atom stereocenters. The van der Waals surface area contributed by atoms with E-state index in [1.807, 2.05) is 6.07 Å². The minimum atomic E-state index is -0.337. The largest absolute Gasteiger partial charge is 0.507 e. The fourth-order valence-electron chi connectivity index (χ4n) is 2.04. The molecule has 19 heavy (non-hydrogen) atoms. The molecule has 6 heteroatoms. The molecule has 1 aliphatic rings. The number of benzene rings is 1. The highest BCUT2D eigenvalue weighted by molar-refractivity contribution is 7.99. The summed E-state index contributed by atoms with van der Waals surface area (Å²) < 4.78 is 1.51. The Morgan fingerprint density at radius 2 is 2.21 bits per heavy atom. The van der Waals surface area contributed by atoms with E-state index in [4.69, 9.17) is 0 Å². The van der Waals surface area contributed by atoms with E-state index in [0.717, 1.165) is 5.75 Å². The van der Waals surface area contributed by atoms with E-state index in [1.165, 1.54) is 22.4 Å². The molecule has 1 aromatic heterocycles. The highest BCUT2D eigenvalue weighted by atomic mass is 32.2. The summed E-state index contributed by atoms with van der Waals surface area (Å²) in [4.78, 5) is 16.6. The Bertz CT molecular complexity index is 761. The van der Waals surface area contributed by atoms with Crippen LogP contribution in [0.1, 0.15) is 5.56 Å². The summed E-state index contributed by atoms with van der Waals surface area (Å²) >= 11 is 1.48. The van der Waals surface area contributed by atoms with Gasteiger partial charge in [0.15, 0.2) is 5.16 Å². The van der Waals surface area contributed by atoms with Crippen LogP contribution >= 0.6 is 11.8 Å². The summed E-state index contributed by atoms with van der Waals surface area (Å²) in [6, 6.07) is 8.47. The number of rotatable bonds is 1. The lowest BCUT2D eigenvalue weighted by atomic mass is 10.1. The van der Waals surface area contributed by atoms with Crippen LogP contribution in [0.2, 0.25) is 0 Å². The molecule has 0 aliphatic carbocycles. The van der Waals surface area contributed by atoms with Crippen LogP contribution in [0.25, 0.3) is 11.3 Å².